The van der Waals surface area contributed by atoms with E-state index < -0.39 is 73.1 Å². The highest BCUT2D eigenvalue weighted by Crippen LogP contribution is 2.34. The summed E-state index contributed by atoms with van der Waals surface area (Å²) in [7, 11) is 0. The molecule has 12 nitrogen and oxygen atoms in total. The molecule has 0 bridgehead atoms. The number of rotatable bonds is 7. The maximum absolute atomic E-state index is 11.7. The van der Waals surface area contributed by atoms with Crippen molar-refractivity contribution >= 4 is 23.9 Å². The molecule has 12 heteroatoms. The van der Waals surface area contributed by atoms with Crippen LogP contribution in [0.3, 0.4) is 0 Å². The molecule has 0 aromatic heterocycles. The zero-order chi connectivity index (χ0) is 20.9. The second-order valence-electron chi connectivity index (χ2n) is 5.98. The molecule has 1 heterocycles. The number of aliphatic hydroxyl groups is 2. The molecule has 0 saturated carbocycles. The molecule has 1 fully saturated rings. The summed E-state index contributed by atoms with van der Waals surface area (Å²) in [6, 6.07) is -1.28. The third-order valence-electron chi connectivity index (χ3n) is 3.77. The second-order valence-corrected chi connectivity index (χ2v) is 5.98. The van der Waals surface area contributed by atoms with Crippen LogP contribution in [0.15, 0.2) is 0 Å². The van der Waals surface area contributed by atoms with Crippen LogP contribution in [0, 0.1) is 0 Å². The van der Waals surface area contributed by atoms with Crippen LogP contribution in [0.5, 0.6) is 0 Å². The van der Waals surface area contributed by atoms with E-state index in [9.17, 15) is 34.5 Å². The van der Waals surface area contributed by atoms with Crippen molar-refractivity contribution in [1.29, 1.82) is 0 Å². The summed E-state index contributed by atoms with van der Waals surface area (Å²) in [5.74, 6) is -6.98. The van der Waals surface area contributed by atoms with Crippen LogP contribution in [-0.2, 0) is 38.1 Å². The number of carboxylic acid groups (broad SMARTS) is 1. The zero-order valence-corrected chi connectivity index (χ0v) is 15.0. The van der Waals surface area contributed by atoms with Gasteiger partial charge in [0.05, 0.1) is 19.1 Å². The first-order chi connectivity index (χ1) is 12.4. The summed E-state index contributed by atoms with van der Waals surface area (Å²) in [6.07, 6.45) is -6.92. The van der Waals surface area contributed by atoms with Crippen LogP contribution in [0.25, 0.3) is 0 Å². The van der Waals surface area contributed by atoms with Gasteiger partial charge in [-0.1, -0.05) is 0 Å². The van der Waals surface area contributed by atoms with Gasteiger partial charge in [0.25, 0.3) is 0 Å². The van der Waals surface area contributed by atoms with Crippen LogP contribution in [0.1, 0.15) is 27.2 Å². The van der Waals surface area contributed by atoms with Gasteiger partial charge < -0.3 is 40.0 Å². The molecule has 27 heavy (non-hydrogen) atoms. The van der Waals surface area contributed by atoms with Gasteiger partial charge >= 0.3 is 29.7 Å². The predicted molar refractivity (Wildman–Crippen MR) is 83.8 cm³/mol. The second kappa shape index (κ2) is 9.08. The van der Waals surface area contributed by atoms with E-state index >= 15 is 0 Å². The SMILES string of the molecule is CC(=O)O[C@@H]1C[C@@](OC(C)=O)(C(=O)O)OC([C@H](O)[C@@H](CO)OC(C)=O)[C@@H]1N. The van der Waals surface area contributed by atoms with Gasteiger partial charge in [-0.2, -0.15) is 0 Å². The minimum Gasteiger partial charge on any atom is -0.476 e. The summed E-state index contributed by atoms with van der Waals surface area (Å²) in [5, 5.41) is 29.3. The molecule has 6 atom stereocenters. The van der Waals surface area contributed by atoms with E-state index in [0.717, 1.165) is 20.8 Å². The van der Waals surface area contributed by atoms with Gasteiger partial charge in [0.15, 0.2) is 6.10 Å². The van der Waals surface area contributed by atoms with E-state index in [4.69, 9.17) is 24.7 Å². The first kappa shape index (κ1) is 22.8. The fraction of sp³-hybridized carbons (Fsp3) is 0.733. The lowest BCUT2D eigenvalue weighted by molar-refractivity contribution is -0.299. The number of hydrogen-bond acceptors (Lipinski definition) is 11. The Kier molecular flexibility index (Phi) is 7.65. The normalized spacial score (nSPS) is 29.9. The molecular formula is C15H23NO11. The van der Waals surface area contributed by atoms with Gasteiger partial charge in [0, 0.05) is 20.8 Å². The Hall–Kier alpha value is -2.28. The van der Waals surface area contributed by atoms with Crippen molar-refractivity contribution in [3.8, 4) is 0 Å². The fourth-order valence-electron chi connectivity index (χ4n) is 2.71. The fourth-order valence-corrected chi connectivity index (χ4v) is 2.71. The van der Waals surface area contributed by atoms with Gasteiger partial charge in [-0.25, -0.2) is 4.79 Å². The number of carboxylic acids is 1. The number of aliphatic hydroxyl groups excluding tert-OH is 2. The van der Waals surface area contributed by atoms with E-state index in [1.54, 1.807) is 0 Å². The standard InChI is InChI=1S/C15H23NO11/c1-6(18)24-9-4-15(14(22)23,26-8(3)20)27-13(11(9)16)12(21)10(5-17)25-7(2)19/h9-13,17,21H,4-5,16H2,1-3H3,(H,22,23)/t9-,10-,11-,12-,13?,15+/m1/s1. The smallest absolute Gasteiger partial charge is 0.377 e. The number of hydrogen-bond donors (Lipinski definition) is 4. The average Bonchev–Trinajstić information content (AvgIpc) is 2.53. The molecule has 0 radical (unpaired) electrons. The Labute approximate surface area is 154 Å². The van der Waals surface area contributed by atoms with E-state index in [1.165, 1.54) is 0 Å². The van der Waals surface area contributed by atoms with Crippen molar-refractivity contribution in [2.24, 2.45) is 5.73 Å². The highest BCUT2D eigenvalue weighted by molar-refractivity contribution is 5.80. The summed E-state index contributed by atoms with van der Waals surface area (Å²) in [6.45, 7) is 2.18. The van der Waals surface area contributed by atoms with E-state index in [2.05, 4.69) is 0 Å². The molecule has 0 spiro atoms. The predicted octanol–water partition coefficient (Wildman–Crippen LogP) is -2.34. The van der Waals surface area contributed by atoms with Gasteiger partial charge in [-0.15, -0.1) is 0 Å². The summed E-state index contributed by atoms with van der Waals surface area (Å²) in [4.78, 5) is 45.6. The molecule has 5 N–H and O–H groups in total. The van der Waals surface area contributed by atoms with E-state index in [0.29, 0.717) is 0 Å². The van der Waals surface area contributed by atoms with Gasteiger partial charge in [-0.05, 0) is 0 Å². The largest absolute Gasteiger partial charge is 0.476 e. The topological polar surface area (TPSA) is 192 Å². The number of nitrogens with two attached hydrogens (primary N) is 1. The number of carbonyl (C=O) groups excluding carboxylic acids is 3. The number of esters is 3. The number of ether oxygens (including phenoxy) is 4. The lowest BCUT2D eigenvalue weighted by Gasteiger charge is -2.45. The Balaban J connectivity index is 3.29. The number of carbonyl (C=O) groups is 4. The molecule has 0 aromatic carbocycles. The van der Waals surface area contributed by atoms with Crippen molar-refractivity contribution in [2.75, 3.05) is 6.61 Å². The van der Waals surface area contributed by atoms with E-state index in [1.807, 2.05) is 0 Å². The summed E-state index contributed by atoms with van der Waals surface area (Å²) in [5.41, 5.74) is 5.93. The summed E-state index contributed by atoms with van der Waals surface area (Å²) >= 11 is 0. The van der Waals surface area contributed by atoms with Crippen molar-refractivity contribution in [3.63, 3.8) is 0 Å². The average molecular weight is 393 g/mol. The number of aliphatic carboxylic acids is 1. The van der Waals surface area contributed by atoms with Crippen LogP contribution in [0.2, 0.25) is 0 Å². The molecule has 0 aliphatic carbocycles. The first-order valence-corrected chi connectivity index (χ1v) is 7.93. The minimum atomic E-state index is -2.61. The molecule has 1 saturated heterocycles. The molecule has 1 aliphatic heterocycles. The molecule has 1 rings (SSSR count). The van der Waals surface area contributed by atoms with Crippen molar-refractivity contribution < 1.29 is 53.4 Å². The minimum absolute atomic E-state index is 0.636. The summed E-state index contributed by atoms with van der Waals surface area (Å²) < 4.78 is 19.8. The third kappa shape index (κ3) is 5.60. The monoisotopic (exact) mass is 393 g/mol. The molecule has 0 amide bonds. The van der Waals surface area contributed by atoms with Crippen LogP contribution in [0.4, 0.5) is 0 Å². The lowest BCUT2D eigenvalue weighted by Crippen LogP contribution is -2.67. The maximum atomic E-state index is 11.7. The highest BCUT2D eigenvalue weighted by Gasteiger charge is 2.57. The highest BCUT2D eigenvalue weighted by atomic mass is 16.7. The Morgan fingerprint density at radius 2 is 1.78 bits per heavy atom. The van der Waals surface area contributed by atoms with Crippen LogP contribution in [-0.4, -0.2) is 82.0 Å². The molecule has 154 valence electrons. The molecule has 1 unspecified atom stereocenters. The van der Waals surface area contributed by atoms with Crippen LogP contribution >= 0.6 is 0 Å². The zero-order valence-electron chi connectivity index (χ0n) is 15.0. The Bertz CT molecular complexity index is 594. The lowest BCUT2D eigenvalue weighted by atomic mass is 9.89. The van der Waals surface area contributed by atoms with E-state index in [-0.39, 0.29) is 0 Å². The Morgan fingerprint density at radius 1 is 1.19 bits per heavy atom. The van der Waals surface area contributed by atoms with Crippen molar-refractivity contribution in [3.05, 3.63) is 0 Å². The van der Waals surface area contributed by atoms with Gasteiger partial charge in [0.2, 0.25) is 0 Å². The van der Waals surface area contributed by atoms with Gasteiger partial charge in [0.1, 0.15) is 18.3 Å². The maximum Gasteiger partial charge on any atom is 0.377 e. The van der Waals surface area contributed by atoms with Crippen LogP contribution < -0.4 is 5.73 Å². The van der Waals surface area contributed by atoms with Gasteiger partial charge in [-0.3, -0.25) is 14.4 Å². The molecular weight excluding hydrogens is 370 g/mol. The molecule has 0 aromatic rings. The first-order valence-electron chi connectivity index (χ1n) is 7.93. The quantitative estimate of drug-likeness (QED) is 0.266. The van der Waals surface area contributed by atoms with Crippen molar-refractivity contribution in [1.82, 2.24) is 0 Å². The molecule has 1 aliphatic rings. The Morgan fingerprint density at radius 3 is 2.19 bits per heavy atom. The van der Waals surface area contributed by atoms with Crippen molar-refractivity contribution in [2.45, 2.75) is 63.4 Å². The third-order valence-corrected chi connectivity index (χ3v) is 3.77.